The van der Waals surface area contributed by atoms with Gasteiger partial charge >= 0.3 is 0 Å². The van der Waals surface area contributed by atoms with Gasteiger partial charge in [0, 0.05) is 5.56 Å². The van der Waals surface area contributed by atoms with Crippen LogP contribution in [0.5, 0.6) is 0 Å². The molecule has 0 bridgehead atoms. The molecule has 3 aromatic carbocycles. The van der Waals surface area contributed by atoms with Crippen molar-refractivity contribution in [2.45, 2.75) is 0 Å². The number of aromatic nitrogens is 2. The van der Waals surface area contributed by atoms with Crippen molar-refractivity contribution in [1.29, 1.82) is 0 Å². The lowest BCUT2D eigenvalue weighted by molar-refractivity contribution is -0.598. The fraction of sp³-hybridized carbons (Fsp3) is 0. The van der Waals surface area contributed by atoms with E-state index in [1.807, 2.05) is 48.8 Å². The Morgan fingerprint density at radius 3 is 1.75 bits per heavy atom. The first-order valence-electron chi connectivity index (χ1n) is 7.99. The van der Waals surface area contributed by atoms with Crippen molar-refractivity contribution >= 4 is 0 Å². The Labute approximate surface area is 141 Å². The summed E-state index contributed by atoms with van der Waals surface area (Å²) in [6, 6.07) is 31.0. The summed E-state index contributed by atoms with van der Waals surface area (Å²) in [6.45, 7) is 0. The molecular formula is C22H17N2+. The van der Waals surface area contributed by atoms with Crippen LogP contribution in [-0.4, -0.2) is 4.98 Å². The van der Waals surface area contributed by atoms with E-state index < -0.39 is 0 Å². The maximum atomic E-state index is 4.76. The highest BCUT2D eigenvalue weighted by molar-refractivity contribution is 5.79. The lowest BCUT2D eigenvalue weighted by Gasteiger charge is -2.07. The van der Waals surface area contributed by atoms with Gasteiger partial charge in [-0.15, -0.1) is 0 Å². The van der Waals surface area contributed by atoms with Gasteiger partial charge < -0.3 is 0 Å². The molecule has 0 atom stereocenters. The molecule has 24 heavy (non-hydrogen) atoms. The summed E-state index contributed by atoms with van der Waals surface area (Å²) in [4.78, 5) is 4.76. The highest BCUT2D eigenvalue weighted by atomic mass is 15.0. The predicted molar refractivity (Wildman–Crippen MR) is 96.6 cm³/mol. The standard InChI is InChI=1S/C22H17N2/c1-4-10-18(11-5-1)21-16-24(20-14-8-3-9-15-20)17-23-22(21)19-12-6-2-7-13-19/h1-17H/q+1. The number of para-hydroxylation sites is 1. The molecule has 114 valence electrons. The highest BCUT2D eigenvalue weighted by Gasteiger charge is 2.17. The van der Waals surface area contributed by atoms with Crippen LogP contribution in [0.2, 0.25) is 0 Å². The maximum Gasteiger partial charge on any atom is 0.292 e. The fourth-order valence-corrected chi connectivity index (χ4v) is 2.82. The van der Waals surface area contributed by atoms with Crippen LogP contribution in [0.1, 0.15) is 0 Å². The van der Waals surface area contributed by atoms with Gasteiger partial charge in [0.15, 0.2) is 5.69 Å². The van der Waals surface area contributed by atoms with Gasteiger partial charge in [-0.1, -0.05) is 78.9 Å². The molecule has 0 aliphatic rings. The van der Waals surface area contributed by atoms with E-state index in [2.05, 4.69) is 59.3 Å². The van der Waals surface area contributed by atoms with Gasteiger partial charge in [-0.25, -0.2) is 4.57 Å². The van der Waals surface area contributed by atoms with Crippen molar-refractivity contribution in [2.24, 2.45) is 0 Å². The molecule has 0 spiro atoms. The molecule has 0 saturated carbocycles. The second-order valence-corrected chi connectivity index (χ2v) is 5.61. The number of hydrogen-bond acceptors (Lipinski definition) is 1. The second-order valence-electron chi connectivity index (χ2n) is 5.61. The first-order chi connectivity index (χ1) is 11.9. The lowest BCUT2D eigenvalue weighted by atomic mass is 10.0. The molecule has 2 heteroatoms. The molecule has 0 aliphatic heterocycles. The summed E-state index contributed by atoms with van der Waals surface area (Å²) >= 11 is 0. The van der Waals surface area contributed by atoms with Gasteiger partial charge in [0.2, 0.25) is 0 Å². The fourth-order valence-electron chi connectivity index (χ4n) is 2.82. The number of benzene rings is 3. The summed E-state index contributed by atoms with van der Waals surface area (Å²) in [6.07, 6.45) is 4.03. The normalized spacial score (nSPS) is 10.5. The van der Waals surface area contributed by atoms with E-state index in [0.717, 1.165) is 28.1 Å². The number of nitrogens with zero attached hydrogens (tertiary/aromatic N) is 2. The Morgan fingerprint density at radius 2 is 1.12 bits per heavy atom. The van der Waals surface area contributed by atoms with Gasteiger partial charge in [0.1, 0.15) is 11.9 Å². The largest absolute Gasteiger partial charge is 0.292 e. The molecule has 1 heterocycles. The molecule has 0 fully saturated rings. The Kier molecular flexibility index (Phi) is 3.86. The summed E-state index contributed by atoms with van der Waals surface area (Å²) in [5.74, 6) is 0. The predicted octanol–water partition coefficient (Wildman–Crippen LogP) is 4.69. The lowest BCUT2D eigenvalue weighted by Crippen LogP contribution is -2.30. The van der Waals surface area contributed by atoms with Crippen molar-refractivity contribution in [3.8, 4) is 28.1 Å². The smallest absolute Gasteiger partial charge is 0.202 e. The van der Waals surface area contributed by atoms with Gasteiger partial charge in [-0.05, 0) is 22.7 Å². The minimum Gasteiger partial charge on any atom is -0.202 e. The van der Waals surface area contributed by atoms with Crippen molar-refractivity contribution in [2.75, 3.05) is 0 Å². The van der Waals surface area contributed by atoms with Crippen molar-refractivity contribution in [3.63, 3.8) is 0 Å². The third-order valence-electron chi connectivity index (χ3n) is 4.02. The van der Waals surface area contributed by atoms with Crippen LogP contribution in [-0.2, 0) is 0 Å². The number of hydrogen-bond donors (Lipinski definition) is 0. The Balaban J connectivity index is 1.92. The Bertz CT molecular complexity index is 933. The van der Waals surface area contributed by atoms with E-state index in [1.54, 1.807) is 0 Å². The zero-order valence-electron chi connectivity index (χ0n) is 13.2. The second kappa shape index (κ2) is 6.47. The molecule has 0 unspecified atom stereocenters. The van der Waals surface area contributed by atoms with Crippen molar-refractivity contribution in [1.82, 2.24) is 4.98 Å². The van der Waals surface area contributed by atoms with Crippen LogP contribution < -0.4 is 4.57 Å². The van der Waals surface area contributed by atoms with Gasteiger partial charge in [-0.2, -0.15) is 0 Å². The Hall–Kier alpha value is -3.26. The summed E-state index contributed by atoms with van der Waals surface area (Å²) in [5, 5.41) is 0. The average Bonchev–Trinajstić information content (AvgIpc) is 2.69. The molecule has 1 aromatic heterocycles. The summed E-state index contributed by atoms with van der Waals surface area (Å²) in [5.41, 5.74) is 5.50. The third kappa shape index (κ3) is 2.82. The first-order valence-corrected chi connectivity index (χ1v) is 7.99. The van der Waals surface area contributed by atoms with Crippen LogP contribution >= 0.6 is 0 Å². The maximum absolute atomic E-state index is 4.76. The molecule has 2 nitrogen and oxygen atoms in total. The molecule has 0 N–H and O–H groups in total. The van der Waals surface area contributed by atoms with E-state index in [0.29, 0.717) is 0 Å². The van der Waals surface area contributed by atoms with Gasteiger partial charge in [-0.3, -0.25) is 0 Å². The van der Waals surface area contributed by atoms with E-state index in [4.69, 9.17) is 4.98 Å². The zero-order valence-corrected chi connectivity index (χ0v) is 13.2. The molecule has 4 rings (SSSR count). The summed E-state index contributed by atoms with van der Waals surface area (Å²) in [7, 11) is 0. The quantitative estimate of drug-likeness (QED) is 0.502. The molecule has 0 radical (unpaired) electrons. The van der Waals surface area contributed by atoms with E-state index in [-0.39, 0.29) is 0 Å². The molecular weight excluding hydrogens is 292 g/mol. The molecule has 0 saturated heterocycles. The molecule has 0 aliphatic carbocycles. The van der Waals surface area contributed by atoms with Crippen LogP contribution in [0.25, 0.3) is 28.1 Å². The van der Waals surface area contributed by atoms with E-state index in [1.165, 1.54) is 0 Å². The van der Waals surface area contributed by atoms with Crippen molar-refractivity contribution in [3.05, 3.63) is 104 Å². The van der Waals surface area contributed by atoms with E-state index in [9.17, 15) is 0 Å². The zero-order chi connectivity index (χ0) is 16.2. The minimum absolute atomic E-state index is 0.994. The Morgan fingerprint density at radius 1 is 0.583 bits per heavy atom. The number of rotatable bonds is 3. The van der Waals surface area contributed by atoms with Crippen LogP contribution in [0, 0.1) is 0 Å². The monoisotopic (exact) mass is 309 g/mol. The molecule has 0 amide bonds. The summed E-state index contributed by atoms with van der Waals surface area (Å²) < 4.78 is 2.06. The van der Waals surface area contributed by atoms with Gasteiger partial charge in [0.05, 0.1) is 5.56 Å². The minimum atomic E-state index is 0.994. The first kappa shape index (κ1) is 14.3. The van der Waals surface area contributed by atoms with Crippen LogP contribution in [0.3, 0.4) is 0 Å². The SMILES string of the molecule is c1ccc(-c2c[n+](-c3ccccc3)cnc2-c2ccccc2)cc1. The van der Waals surface area contributed by atoms with Crippen LogP contribution in [0.4, 0.5) is 0 Å². The third-order valence-corrected chi connectivity index (χ3v) is 4.02. The topological polar surface area (TPSA) is 16.8 Å². The van der Waals surface area contributed by atoms with Gasteiger partial charge in [0.25, 0.3) is 6.33 Å². The highest BCUT2D eigenvalue weighted by Crippen LogP contribution is 2.28. The molecule has 4 aromatic rings. The average molecular weight is 309 g/mol. The van der Waals surface area contributed by atoms with Crippen molar-refractivity contribution < 1.29 is 4.57 Å². The van der Waals surface area contributed by atoms with Crippen LogP contribution in [0.15, 0.2) is 104 Å². The van der Waals surface area contributed by atoms with E-state index >= 15 is 0 Å².